The van der Waals surface area contributed by atoms with Gasteiger partial charge in [0.15, 0.2) is 0 Å². The van der Waals surface area contributed by atoms with Gasteiger partial charge in [0.25, 0.3) is 0 Å². The lowest BCUT2D eigenvalue weighted by molar-refractivity contribution is 0.0481. The predicted octanol–water partition coefficient (Wildman–Crippen LogP) is 2.93. The quantitative estimate of drug-likeness (QED) is 0.867. The lowest BCUT2D eigenvalue weighted by Crippen LogP contribution is -2.29. The molecule has 1 aliphatic heterocycles. The molecule has 1 aliphatic rings. The van der Waals surface area contributed by atoms with Gasteiger partial charge < -0.3 is 10.0 Å². The second-order valence-electron chi connectivity index (χ2n) is 5.55. The van der Waals surface area contributed by atoms with Gasteiger partial charge >= 0.3 is 0 Å². The normalized spacial score (nSPS) is 24.3. The standard InChI is InChI=1S/C14H22BrN3O/c1-3-5-12-16-11(15)10-13(17-12)18-8-4-6-14(2,19)7-9-18/h10,19H,3-9H2,1-2H3. The molecule has 0 radical (unpaired) electrons. The number of hydrogen-bond acceptors (Lipinski definition) is 4. The third-order valence-corrected chi connectivity index (χ3v) is 4.00. The molecule has 1 atom stereocenters. The van der Waals surface area contributed by atoms with Gasteiger partial charge in [0.1, 0.15) is 16.2 Å². The van der Waals surface area contributed by atoms with E-state index in [4.69, 9.17) is 0 Å². The van der Waals surface area contributed by atoms with Crippen LogP contribution in [0, 0.1) is 0 Å². The van der Waals surface area contributed by atoms with Crippen LogP contribution in [0.15, 0.2) is 10.7 Å². The van der Waals surface area contributed by atoms with Gasteiger partial charge in [-0.3, -0.25) is 0 Å². The van der Waals surface area contributed by atoms with Crippen molar-refractivity contribution >= 4 is 21.7 Å². The molecular formula is C14H22BrN3O. The summed E-state index contributed by atoms with van der Waals surface area (Å²) in [5.41, 5.74) is -0.536. The fourth-order valence-electron chi connectivity index (χ4n) is 2.44. The molecule has 1 saturated heterocycles. The zero-order chi connectivity index (χ0) is 13.9. The van der Waals surface area contributed by atoms with Crippen LogP contribution in [0.25, 0.3) is 0 Å². The molecule has 0 aromatic carbocycles. The van der Waals surface area contributed by atoms with Crippen molar-refractivity contribution in [2.45, 2.75) is 51.6 Å². The number of aromatic nitrogens is 2. The van der Waals surface area contributed by atoms with E-state index < -0.39 is 5.60 Å². The van der Waals surface area contributed by atoms with Crippen LogP contribution in [0.4, 0.5) is 5.82 Å². The zero-order valence-electron chi connectivity index (χ0n) is 11.7. The topological polar surface area (TPSA) is 49.2 Å². The monoisotopic (exact) mass is 327 g/mol. The van der Waals surface area contributed by atoms with Crippen LogP contribution in [-0.4, -0.2) is 33.8 Å². The van der Waals surface area contributed by atoms with Crippen LogP contribution in [0.5, 0.6) is 0 Å². The van der Waals surface area contributed by atoms with Crippen molar-refractivity contribution in [3.63, 3.8) is 0 Å². The zero-order valence-corrected chi connectivity index (χ0v) is 13.3. The van der Waals surface area contributed by atoms with Gasteiger partial charge in [-0.2, -0.15) is 0 Å². The molecule has 1 fully saturated rings. The Hall–Kier alpha value is -0.680. The molecule has 0 saturated carbocycles. The molecule has 0 amide bonds. The van der Waals surface area contributed by atoms with E-state index >= 15 is 0 Å². The number of anilines is 1. The summed E-state index contributed by atoms with van der Waals surface area (Å²) in [6, 6.07) is 1.97. The minimum atomic E-state index is -0.536. The van der Waals surface area contributed by atoms with Crippen molar-refractivity contribution in [1.82, 2.24) is 9.97 Å². The van der Waals surface area contributed by atoms with E-state index in [1.165, 1.54) is 0 Å². The molecule has 1 aromatic rings. The molecule has 19 heavy (non-hydrogen) atoms. The molecule has 1 unspecified atom stereocenters. The van der Waals surface area contributed by atoms with Crippen LogP contribution >= 0.6 is 15.9 Å². The molecule has 1 N–H and O–H groups in total. The number of hydrogen-bond donors (Lipinski definition) is 1. The summed E-state index contributed by atoms with van der Waals surface area (Å²) < 4.78 is 0.844. The van der Waals surface area contributed by atoms with E-state index in [-0.39, 0.29) is 0 Å². The van der Waals surface area contributed by atoms with Gasteiger partial charge in [0, 0.05) is 25.6 Å². The van der Waals surface area contributed by atoms with Crippen LogP contribution in [0.3, 0.4) is 0 Å². The number of halogens is 1. The Morgan fingerprint density at radius 2 is 2.16 bits per heavy atom. The maximum absolute atomic E-state index is 10.1. The van der Waals surface area contributed by atoms with Crippen LogP contribution in [0.1, 0.15) is 45.4 Å². The summed E-state index contributed by atoms with van der Waals surface area (Å²) in [6.07, 6.45) is 4.59. The van der Waals surface area contributed by atoms with Crippen molar-refractivity contribution in [2.75, 3.05) is 18.0 Å². The summed E-state index contributed by atoms with van der Waals surface area (Å²) in [7, 11) is 0. The van der Waals surface area contributed by atoms with Gasteiger partial charge in [-0.1, -0.05) is 6.92 Å². The molecule has 0 aliphatic carbocycles. The van der Waals surface area contributed by atoms with Crippen molar-refractivity contribution < 1.29 is 5.11 Å². The van der Waals surface area contributed by atoms with Crippen molar-refractivity contribution in [2.24, 2.45) is 0 Å². The van der Waals surface area contributed by atoms with Gasteiger partial charge in [-0.25, -0.2) is 9.97 Å². The summed E-state index contributed by atoms with van der Waals surface area (Å²) in [6.45, 7) is 5.86. The third kappa shape index (κ3) is 4.14. The summed E-state index contributed by atoms with van der Waals surface area (Å²) in [5, 5.41) is 10.1. The van der Waals surface area contributed by atoms with E-state index in [1.807, 2.05) is 13.0 Å². The lowest BCUT2D eigenvalue weighted by Gasteiger charge is -2.23. The van der Waals surface area contributed by atoms with E-state index in [1.54, 1.807) is 0 Å². The molecule has 1 aromatic heterocycles. The molecule has 0 bridgehead atoms. The Balaban J connectivity index is 2.16. The average molecular weight is 328 g/mol. The average Bonchev–Trinajstić information content (AvgIpc) is 2.50. The first kappa shape index (κ1) is 14.7. The highest BCUT2D eigenvalue weighted by Gasteiger charge is 2.25. The second-order valence-corrected chi connectivity index (χ2v) is 6.37. The summed E-state index contributed by atoms with van der Waals surface area (Å²) >= 11 is 3.46. The van der Waals surface area contributed by atoms with E-state index in [0.717, 1.165) is 61.4 Å². The smallest absolute Gasteiger partial charge is 0.133 e. The van der Waals surface area contributed by atoms with Gasteiger partial charge in [0.05, 0.1) is 5.60 Å². The lowest BCUT2D eigenvalue weighted by atomic mass is 9.98. The van der Waals surface area contributed by atoms with Crippen LogP contribution in [-0.2, 0) is 6.42 Å². The summed E-state index contributed by atoms with van der Waals surface area (Å²) in [5.74, 6) is 1.87. The number of aryl methyl sites for hydroxylation is 1. The molecule has 2 heterocycles. The Kier molecular flexibility index (Phi) is 4.79. The predicted molar refractivity (Wildman–Crippen MR) is 80.4 cm³/mol. The molecule has 5 heteroatoms. The maximum atomic E-state index is 10.1. The molecule has 0 spiro atoms. The maximum Gasteiger partial charge on any atom is 0.133 e. The highest BCUT2D eigenvalue weighted by Crippen LogP contribution is 2.25. The SMILES string of the molecule is CCCc1nc(Br)cc(N2CCCC(C)(O)CC2)n1. The summed E-state index contributed by atoms with van der Waals surface area (Å²) in [4.78, 5) is 11.3. The third-order valence-electron chi connectivity index (χ3n) is 3.59. The van der Waals surface area contributed by atoms with Crippen molar-refractivity contribution in [1.29, 1.82) is 0 Å². The number of rotatable bonds is 3. The van der Waals surface area contributed by atoms with Crippen LogP contribution < -0.4 is 4.90 Å². The second kappa shape index (κ2) is 6.18. The van der Waals surface area contributed by atoms with Gasteiger partial charge in [-0.15, -0.1) is 0 Å². The van der Waals surface area contributed by atoms with Gasteiger partial charge in [-0.05, 0) is 48.5 Å². The molecule has 4 nitrogen and oxygen atoms in total. The first-order chi connectivity index (χ1) is 9.00. The van der Waals surface area contributed by atoms with E-state index in [2.05, 4.69) is 37.7 Å². The Labute approximate surface area is 123 Å². The first-order valence-electron chi connectivity index (χ1n) is 7.01. The van der Waals surface area contributed by atoms with E-state index in [9.17, 15) is 5.11 Å². The van der Waals surface area contributed by atoms with Crippen molar-refractivity contribution in [3.8, 4) is 0 Å². The fraction of sp³-hybridized carbons (Fsp3) is 0.714. The van der Waals surface area contributed by atoms with Gasteiger partial charge in [0.2, 0.25) is 0 Å². The Morgan fingerprint density at radius 3 is 2.89 bits per heavy atom. The Bertz CT molecular complexity index is 437. The Morgan fingerprint density at radius 1 is 1.37 bits per heavy atom. The fourth-order valence-corrected chi connectivity index (χ4v) is 2.85. The highest BCUT2D eigenvalue weighted by atomic mass is 79.9. The molecule has 2 rings (SSSR count). The first-order valence-corrected chi connectivity index (χ1v) is 7.80. The van der Waals surface area contributed by atoms with E-state index in [0.29, 0.717) is 0 Å². The molecule has 106 valence electrons. The number of nitrogens with zero attached hydrogens (tertiary/aromatic N) is 3. The minimum absolute atomic E-state index is 0.536. The van der Waals surface area contributed by atoms with Crippen LogP contribution in [0.2, 0.25) is 0 Å². The largest absolute Gasteiger partial charge is 0.390 e. The van der Waals surface area contributed by atoms with Crippen molar-refractivity contribution in [3.05, 3.63) is 16.5 Å². The highest BCUT2D eigenvalue weighted by molar-refractivity contribution is 9.10. The minimum Gasteiger partial charge on any atom is -0.390 e. The number of aliphatic hydroxyl groups is 1. The molecular weight excluding hydrogens is 306 g/mol.